The summed E-state index contributed by atoms with van der Waals surface area (Å²) in [5, 5.41) is 3.31. The van der Waals surface area contributed by atoms with Crippen LogP contribution in [0.3, 0.4) is 0 Å². The number of nitrogens with zero attached hydrogens (tertiary/aromatic N) is 1. The van der Waals surface area contributed by atoms with Gasteiger partial charge in [-0.1, -0.05) is 65.3 Å². The molecule has 2 aromatic carbocycles. The number of anilines is 1. The quantitative estimate of drug-likeness (QED) is 0.693. The van der Waals surface area contributed by atoms with E-state index in [-0.39, 0.29) is 5.91 Å². The highest BCUT2D eigenvalue weighted by Crippen LogP contribution is 2.33. The van der Waals surface area contributed by atoms with E-state index in [1.54, 1.807) is 0 Å². The maximum Gasteiger partial charge on any atom is 0.241 e. The van der Waals surface area contributed by atoms with E-state index in [1.807, 2.05) is 88.0 Å². The zero-order valence-electron chi connectivity index (χ0n) is 18.3. The van der Waals surface area contributed by atoms with Gasteiger partial charge in [0.25, 0.3) is 0 Å². The molecule has 28 heavy (non-hydrogen) atoms. The highest BCUT2D eigenvalue weighted by molar-refractivity contribution is 5.97. The minimum Gasteiger partial charge on any atom is -0.455 e. The Hall–Kier alpha value is -2.33. The molecule has 1 aliphatic rings. The molecule has 0 radical (unpaired) electrons. The van der Waals surface area contributed by atoms with Gasteiger partial charge in [-0.2, -0.15) is 0 Å². The van der Waals surface area contributed by atoms with Crippen molar-refractivity contribution in [3.05, 3.63) is 54.1 Å². The van der Waals surface area contributed by atoms with Crippen LogP contribution in [-0.2, 0) is 4.79 Å². The van der Waals surface area contributed by atoms with Crippen LogP contribution in [0.15, 0.2) is 48.5 Å². The maximum atomic E-state index is 12.4. The van der Waals surface area contributed by atoms with Crippen LogP contribution in [0.1, 0.15) is 53.0 Å². The first kappa shape index (κ1) is 23.7. The lowest BCUT2D eigenvalue weighted by Crippen LogP contribution is -2.54. The van der Waals surface area contributed by atoms with E-state index in [4.69, 9.17) is 4.74 Å². The average molecular weight is 385 g/mol. The van der Waals surface area contributed by atoms with Crippen molar-refractivity contribution >= 4 is 11.6 Å². The molecule has 154 valence electrons. The summed E-state index contributed by atoms with van der Waals surface area (Å²) in [6, 6.07) is 16.0. The second-order valence-electron chi connectivity index (χ2n) is 6.26. The van der Waals surface area contributed by atoms with E-state index in [2.05, 4.69) is 12.2 Å². The molecule has 0 aliphatic carbocycles. The summed E-state index contributed by atoms with van der Waals surface area (Å²) in [6.45, 7) is 13.3. The van der Waals surface area contributed by atoms with Gasteiger partial charge in [0.2, 0.25) is 5.91 Å². The first-order chi connectivity index (χ1) is 13.7. The van der Waals surface area contributed by atoms with Crippen molar-refractivity contribution in [2.24, 2.45) is 0 Å². The Morgan fingerprint density at radius 2 is 1.79 bits per heavy atom. The lowest BCUT2D eigenvalue weighted by molar-refractivity contribution is -0.119. The maximum absolute atomic E-state index is 12.4. The fourth-order valence-corrected chi connectivity index (χ4v) is 3.06. The van der Waals surface area contributed by atoms with E-state index in [1.165, 1.54) is 0 Å². The molecule has 4 nitrogen and oxygen atoms in total. The van der Waals surface area contributed by atoms with Crippen molar-refractivity contribution in [2.45, 2.75) is 60.4 Å². The van der Waals surface area contributed by atoms with Crippen molar-refractivity contribution < 1.29 is 9.53 Å². The van der Waals surface area contributed by atoms with Gasteiger partial charge in [0.05, 0.1) is 12.2 Å². The van der Waals surface area contributed by atoms with E-state index in [0.29, 0.717) is 24.9 Å². The number of para-hydroxylation sites is 2. The Kier molecular flexibility index (Phi) is 11.0. The minimum atomic E-state index is 0.0858. The molecule has 1 saturated heterocycles. The fraction of sp³-hybridized carbons (Fsp3) is 0.458. The number of carbonyl (C=O) groups excluding carboxylic acids is 1. The predicted octanol–water partition coefficient (Wildman–Crippen LogP) is 5.94. The second kappa shape index (κ2) is 12.9. The average Bonchev–Trinajstić information content (AvgIpc) is 2.73. The molecule has 3 rings (SSSR count). The van der Waals surface area contributed by atoms with Crippen LogP contribution < -0.4 is 15.0 Å². The Balaban J connectivity index is 0.000000921. The molecule has 0 spiro atoms. The summed E-state index contributed by atoms with van der Waals surface area (Å²) in [5.41, 5.74) is 1.98. The predicted molar refractivity (Wildman–Crippen MR) is 119 cm³/mol. The van der Waals surface area contributed by atoms with E-state index in [9.17, 15) is 4.79 Å². The number of hydrogen-bond donors (Lipinski definition) is 1. The monoisotopic (exact) mass is 384 g/mol. The van der Waals surface area contributed by atoms with Gasteiger partial charge in [0.15, 0.2) is 5.75 Å². The number of nitrogens with one attached hydrogen (secondary N) is 1. The number of aryl methyl sites for hydroxylation is 1. The SMILES string of the molecule is CC.CC.CCC[C@H]1CN(c2ccccc2Oc2cccc(C)c2)C(=O)CN1. The van der Waals surface area contributed by atoms with Gasteiger partial charge in [0, 0.05) is 12.6 Å². The number of rotatable bonds is 5. The molecule has 1 fully saturated rings. The standard InChI is InChI=1S/C20H24N2O2.2C2H6/c1-3-7-16-14-22(20(23)13-21-16)18-10-4-5-11-19(18)24-17-9-6-8-15(2)12-17;2*1-2/h4-6,8-12,16,21H,3,7,13-14H2,1-2H3;2*1-2H3/t16-;;/m0../s1. The van der Waals surface area contributed by atoms with Crippen LogP contribution in [0.2, 0.25) is 0 Å². The molecule has 1 aliphatic heterocycles. The molecule has 1 N–H and O–H groups in total. The largest absolute Gasteiger partial charge is 0.455 e. The summed E-state index contributed by atoms with van der Waals surface area (Å²) in [4.78, 5) is 14.3. The van der Waals surface area contributed by atoms with Gasteiger partial charge in [-0.05, 0) is 43.2 Å². The van der Waals surface area contributed by atoms with Crippen molar-refractivity contribution in [1.29, 1.82) is 0 Å². The van der Waals surface area contributed by atoms with Crippen molar-refractivity contribution in [1.82, 2.24) is 5.32 Å². The molecule has 1 atom stereocenters. The fourth-order valence-electron chi connectivity index (χ4n) is 3.06. The summed E-state index contributed by atoms with van der Waals surface area (Å²) in [5.74, 6) is 1.59. The number of amides is 1. The van der Waals surface area contributed by atoms with E-state index >= 15 is 0 Å². The van der Waals surface area contributed by atoms with Crippen LogP contribution in [0, 0.1) is 6.92 Å². The third kappa shape index (κ3) is 6.68. The van der Waals surface area contributed by atoms with Crippen molar-refractivity contribution in [3.8, 4) is 11.5 Å². The zero-order valence-corrected chi connectivity index (χ0v) is 18.3. The van der Waals surface area contributed by atoms with E-state index < -0.39 is 0 Å². The molecule has 0 aromatic heterocycles. The molecule has 0 bridgehead atoms. The van der Waals surface area contributed by atoms with E-state index in [0.717, 1.165) is 29.8 Å². The van der Waals surface area contributed by atoms with Gasteiger partial charge in [0.1, 0.15) is 5.75 Å². The molecule has 0 unspecified atom stereocenters. The normalized spacial score (nSPS) is 15.7. The lowest BCUT2D eigenvalue weighted by Gasteiger charge is -2.34. The molecule has 0 saturated carbocycles. The van der Waals surface area contributed by atoms with Crippen LogP contribution in [0.4, 0.5) is 5.69 Å². The number of ether oxygens (including phenoxy) is 1. The molecular formula is C24H36N2O2. The minimum absolute atomic E-state index is 0.0858. The van der Waals surface area contributed by atoms with Crippen LogP contribution >= 0.6 is 0 Å². The molecular weight excluding hydrogens is 348 g/mol. The van der Waals surface area contributed by atoms with Crippen molar-refractivity contribution in [2.75, 3.05) is 18.0 Å². The first-order valence-electron chi connectivity index (χ1n) is 10.5. The Labute approximate surface area is 170 Å². The molecule has 1 amide bonds. The molecule has 4 heteroatoms. The summed E-state index contributed by atoms with van der Waals surface area (Å²) >= 11 is 0. The third-order valence-electron chi connectivity index (χ3n) is 4.26. The Morgan fingerprint density at radius 1 is 1.07 bits per heavy atom. The lowest BCUT2D eigenvalue weighted by atomic mass is 10.1. The number of carbonyl (C=O) groups is 1. The highest BCUT2D eigenvalue weighted by atomic mass is 16.5. The summed E-state index contributed by atoms with van der Waals surface area (Å²) in [6.07, 6.45) is 2.16. The second-order valence-corrected chi connectivity index (χ2v) is 6.26. The summed E-state index contributed by atoms with van der Waals surface area (Å²) < 4.78 is 6.07. The third-order valence-corrected chi connectivity index (χ3v) is 4.26. The van der Waals surface area contributed by atoms with Gasteiger partial charge >= 0.3 is 0 Å². The van der Waals surface area contributed by atoms with Crippen LogP contribution in [-0.4, -0.2) is 25.0 Å². The Bertz CT molecular complexity index is 715. The van der Waals surface area contributed by atoms with Crippen LogP contribution in [0.5, 0.6) is 11.5 Å². The number of benzene rings is 2. The molecule has 2 aromatic rings. The van der Waals surface area contributed by atoms with Crippen LogP contribution in [0.25, 0.3) is 0 Å². The van der Waals surface area contributed by atoms with Gasteiger partial charge in [-0.25, -0.2) is 0 Å². The Morgan fingerprint density at radius 3 is 2.46 bits per heavy atom. The number of hydrogen-bond acceptors (Lipinski definition) is 3. The van der Waals surface area contributed by atoms with Gasteiger partial charge < -0.3 is 15.0 Å². The molecule has 1 heterocycles. The first-order valence-corrected chi connectivity index (χ1v) is 10.5. The van der Waals surface area contributed by atoms with Gasteiger partial charge in [-0.3, -0.25) is 4.79 Å². The topological polar surface area (TPSA) is 41.6 Å². The smallest absolute Gasteiger partial charge is 0.241 e. The van der Waals surface area contributed by atoms with Gasteiger partial charge in [-0.15, -0.1) is 0 Å². The highest BCUT2D eigenvalue weighted by Gasteiger charge is 2.27. The van der Waals surface area contributed by atoms with Crippen molar-refractivity contribution in [3.63, 3.8) is 0 Å². The summed E-state index contributed by atoms with van der Waals surface area (Å²) in [7, 11) is 0. The zero-order chi connectivity index (χ0) is 20.9. The number of piperazine rings is 1.